The smallest absolute Gasteiger partial charge is 0.281 e. The van der Waals surface area contributed by atoms with Crippen LogP contribution < -0.4 is 5.56 Å². The number of fused-ring (bicyclic) bond motifs is 3. The summed E-state index contributed by atoms with van der Waals surface area (Å²) < 4.78 is 7.37. The van der Waals surface area contributed by atoms with E-state index < -0.39 is 0 Å². The molecular formula is C19H15N3O3. The van der Waals surface area contributed by atoms with Crippen molar-refractivity contribution in [2.75, 3.05) is 0 Å². The van der Waals surface area contributed by atoms with Gasteiger partial charge >= 0.3 is 0 Å². The number of hydrogen-bond acceptors (Lipinski definition) is 5. The third-order valence-corrected chi connectivity index (χ3v) is 4.84. The average Bonchev–Trinajstić information content (AvgIpc) is 3.32. The lowest BCUT2D eigenvalue weighted by atomic mass is 10.00. The first-order valence-corrected chi connectivity index (χ1v) is 8.21. The first kappa shape index (κ1) is 14.2. The summed E-state index contributed by atoms with van der Waals surface area (Å²) in [5.41, 5.74) is 4.35. The van der Waals surface area contributed by atoms with Crippen molar-refractivity contribution >= 4 is 22.0 Å². The second-order valence-electron chi connectivity index (χ2n) is 6.47. The van der Waals surface area contributed by atoms with Crippen molar-refractivity contribution in [2.24, 2.45) is 0 Å². The molecule has 0 radical (unpaired) electrons. The van der Waals surface area contributed by atoms with Gasteiger partial charge < -0.3 is 14.1 Å². The zero-order valence-corrected chi connectivity index (χ0v) is 13.6. The number of oxazole rings is 1. The molecule has 6 heteroatoms. The Balaban J connectivity index is 1.91. The van der Waals surface area contributed by atoms with Gasteiger partial charge in [0, 0.05) is 17.0 Å². The first-order valence-electron chi connectivity index (χ1n) is 8.21. The maximum Gasteiger partial charge on any atom is 0.281 e. The molecule has 3 aromatic heterocycles. The molecule has 0 amide bonds. The van der Waals surface area contributed by atoms with Gasteiger partial charge in [0.05, 0.1) is 17.4 Å². The van der Waals surface area contributed by atoms with Crippen LogP contribution in [-0.4, -0.2) is 19.6 Å². The largest absolute Gasteiger partial charge is 0.506 e. The van der Waals surface area contributed by atoms with Crippen LogP contribution in [-0.2, 0) is 0 Å². The van der Waals surface area contributed by atoms with Crippen LogP contribution in [0.25, 0.3) is 33.3 Å². The van der Waals surface area contributed by atoms with Crippen molar-refractivity contribution in [2.45, 2.75) is 25.8 Å². The lowest BCUT2D eigenvalue weighted by molar-refractivity contribution is 0.473. The highest BCUT2D eigenvalue weighted by molar-refractivity contribution is 6.03. The molecule has 1 fully saturated rings. The topological polar surface area (TPSA) is 81.2 Å². The van der Waals surface area contributed by atoms with Gasteiger partial charge in [0.25, 0.3) is 5.56 Å². The van der Waals surface area contributed by atoms with E-state index in [1.54, 1.807) is 12.1 Å². The molecule has 3 heterocycles. The molecule has 0 atom stereocenters. The maximum absolute atomic E-state index is 12.9. The van der Waals surface area contributed by atoms with E-state index in [1.807, 2.05) is 23.6 Å². The third-order valence-electron chi connectivity index (χ3n) is 4.84. The molecule has 4 aromatic rings. The van der Waals surface area contributed by atoms with Crippen molar-refractivity contribution in [3.05, 3.63) is 52.8 Å². The van der Waals surface area contributed by atoms with Crippen LogP contribution in [0.5, 0.6) is 5.75 Å². The van der Waals surface area contributed by atoms with E-state index in [-0.39, 0.29) is 17.4 Å². The summed E-state index contributed by atoms with van der Waals surface area (Å²) in [7, 11) is 0. The molecule has 1 saturated carbocycles. The molecule has 1 aliphatic rings. The standard InChI is InChI=1S/C19H15N3O3/c1-10-13(15-7-4-12(23)8-20-15)5-6-14-17(10)22(11-2-3-11)19(24)16-18(14)25-9-21-16/h4-9,11,23H,2-3H2,1H3. The van der Waals surface area contributed by atoms with Gasteiger partial charge in [0.1, 0.15) is 5.75 Å². The summed E-state index contributed by atoms with van der Waals surface area (Å²) >= 11 is 0. The summed E-state index contributed by atoms with van der Waals surface area (Å²) in [6.45, 7) is 1.99. The Morgan fingerprint density at radius 1 is 1.20 bits per heavy atom. The van der Waals surface area contributed by atoms with Crippen molar-refractivity contribution in [1.82, 2.24) is 14.5 Å². The molecule has 0 saturated heterocycles. The average molecular weight is 333 g/mol. The summed E-state index contributed by atoms with van der Waals surface area (Å²) in [6.07, 6.45) is 4.75. The molecule has 5 rings (SSSR count). The van der Waals surface area contributed by atoms with E-state index in [9.17, 15) is 9.90 Å². The number of benzene rings is 1. The first-order chi connectivity index (χ1) is 12.1. The van der Waals surface area contributed by atoms with Gasteiger partial charge in [-0.15, -0.1) is 0 Å². The Kier molecular flexibility index (Phi) is 2.80. The number of aromatic nitrogens is 3. The van der Waals surface area contributed by atoms with E-state index in [2.05, 4.69) is 9.97 Å². The SMILES string of the molecule is Cc1c(-c2ccc(O)cn2)ccc2c3ocnc3c(=O)n(C3CC3)c12. The molecule has 0 unspecified atom stereocenters. The summed E-state index contributed by atoms with van der Waals surface area (Å²) in [4.78, 5) is 21.3. The summed E-state index contributed by atoms with van der Waals surface area (Å²) in [6, 6.07) is 7.53. The highest BCUT2D eigenvalue weighted by atomic mass is 16.3. The van der Waals surface area contributed by atoms with E-state index >= 15 is 0 Å². The minimum absolute atomic E-state index is 0.0994. The molecule has 1 N–H and O–H groups in total. The van der Waals surface area contributed by atoms with Crippen LogP contribution >= 0.6 is 0 Å². The lowest BCUT2D eigenvalue weighted by Gasteiger charge is -2.15. The molecule has 0 bridgehead atoms. The molecule has 124 valence electrons. The molecule has 1 aliphatic carbocycles. The van der Waals surface area contributed by atoms with Crippen molar-refractivity contribution in [1.29, 1.82) is 0 Å². The predicted octanol–water partition coefficient (Wildman–Crippen LogP) is 3.55. The fourth-order valence-corrected chi connectivity index (χ4v) is 3.50. The maximum atomic E-state index is 12.9. The fourth-order valence-electron chi connectivity index (χ4n) is 3.50. The van der Waals surface area contributed by atoms with Crippen LogP contribution in [0.15, 0.2) is 46.1 Å². The lowest BCUT2D eigenvalue weighted by Crippen LogP contribution is -2.20. The Morgan fingerprint density at radius 3 is 2.76 bits per heavy atom. The van der Waals surface area contributed by atoms with Gasteiger partial charge in [-0.05, 0) is 43.5 Å². The van der Waals surface area contributed by atoms with Crippen molar-refractivity contribution in [3.63, 3.8) is 0 Å². The number of rotatable bonds is 2. The minimum Gasteiger partial charge on any atom is -0.506 e. The molecule has 1 aromatic carbocycles. The zero-order valence-electron chi connectivity index (χ0n) is 13.6. The fraction of sp³-hybridized carbons (Fsp3) is 0.211. The van der Waals surface area contributed by atoms with Gasteiger partial charge in [-0.25, -0.2) is 4.98 Å². The van der Waals surface area contributed by atoms with Crippen LogP contribution in [0.2, 0.25) is 0 Å². The predicted molar refractivity (Wildman–Crippen MR) is 93.7 cm³/mol. The van der Waals surface area contributed by atoms with E-state index in [0.29, 0.717) is 11.1 Å². The molecule has 6 nitrogen and oxygen atoms in total. The van der Waals surface area contributed by atoms with Crippen molar-refractivity contribution in [3.8, 4) is 17.0 Å². The van der Waals surface area contributed by atoms with Gasteiger partial charge in [0.2, 0.25) is 0 Å². The number of pyridine rings is 2. The summed E-state index contributed by atoms with van der Waals surface area (Å²) in [5, 5.41) is 10.4. The molecule has 25 heavy (non-hydrogen) atoms. The normalized spacial score (nSPS) is 14.4. The highest BCUT2D eigenvalue weighted by Gasteiger charge is 2.29. The third kappa shape index (κ3) is 2.00. The van der Waals surface area contributed by atoms with Gasteiger partial charge in [-0.2, -0.15) is 0 Å². The van der Waals surface area contributed by atoms with Gasteiger partial charge in [-0.3, -0.25) is 9.78 Å². The minimum atomic E-state index is -0.0994. The second kappa shape index (κ2) is 4.92. The van der Waals surface area contributed by atoms with Crippen LogP contribution in [0.4, 0.5) is 0 Å². The zero-order chi connectivity index (χ0) is 17.1. The Morgan fingerprint density at radius 2 is 2.04 bits per heavy atom. The van der Waals surface area contributed by atoms with E-state index in [0.717, 1.165) is 40.6 Å². The van der Waals surface area contributed by atoms with Crippen LogP contribution in [0, 0.1) is 6.92 Å². The van der Waals surface area contributed by atoms with Crippen LogP contribution in [0.3, 0.4) is 0 Å². The second-order valence-corrected chi connectivity index (χ2v) is 6.47. The van der Waals surface area contributed by atoms with Crippen LogP contribution in [0.1, 0.15) is 24.4 Å². The highest BCUT2D eigenvalue weighted by Crippen LogP contribution is 2.39. The number of nitrogens with zero attached hydrogens (tertiary/aromatic N) is 3. The molecule has 0 spiro atoms. The Bertz CT molecular complexity index is 1180. The number of aromatic hydroxyl groups is 1. The van der Waals surface area contributed by atoms with Crippen molar-refractivity contribution < 1.29 is 9.52 Å². The quantitative estimate of drug-likeness (QED) is 0.606. The Labute approximate surface area is 142 Å². The Hall–Kier alpha value is -3.15. The monoisotopic (exact) mass is 333 g/mol. The summed E-state index contributed by atoms with van der Waals surface area (Å²) in [5.74, 6) is 0.125. The molecule has 0 aliphatic heterocycles. The van der Waals surface area contributed by atoms with E-state index in [1.165, 1.54) is 12.6 Å². The number of aryl methyl sites for hydroxylation is 1. The van der Waals surface area contributed by atoms with E-state index in [4.69, 9.17) is 4.42 Å². The van der Waals surface area contributed by atoms with Gasteiger partial charge in [0.15, 0.2) is 17.5 Å². The molecular weight excluding hydrogens is 318 g/mol. The number of hydrogen-bond donors (Lipinski definition) is 1. The van der Waals surface area contributed by atoms with Gasteiger partial charge in [-0.1, -0.05) is 6.07 Å².